The number of rotatable bonds is 3. The van der Waals surface area contributed by atoms with Gasteiger partial charge in [0.1, 0.15) is 5.25 Å². The first-order chi connectivity index (χ1) is 7.33. The third kappa shape index (κ3) is 2.91. The molecular formula is C10H15ClN2OS2. The molecule has 1 aliphatic rings. The van der Waals surface area contributed by atoms with E-state index >= 15 is 0 Å². The van der Waals surface area contributed by atoms with Crippen LogP contribution in [0.1, 0.15) is 15.7 Å². The number of hydrogen-bond acceptors (Lipinski definition) is 4. The number of aryl methyl sites for hydroxylation is 1. The van der Waals surface area contributed by atoms with E-state index in [1.165, 1.54) is 10.4 Å². The second kappa shape index (κ2) is 6.49. The summed E-state index contributed by atoms with van der Waals surface area (Å²) in [5.74, 6) is 1.14. The molecular weight excluding hydrogens is 264 g/mol. The molecule has 1 aromatic rings. The molecule has 1 unspecified atom stereocenters. The smallest absolute Gasteiger partial charge is 0.237 e. The molecule has 2 rings (SSSR count). The molecule has 90 valence electrons. The highest BCUT2D eigenvalue weighted by Gasteiger charge is 2.27. The summed E-state index contributed by atoms with van der Waals surface area (Å²) in [4.78, 5) is 13.2. The van der Waals surface area contributed by atoms with Crippen molar-refractivity contribution in [3.63, 3.8) is 0 Å². The number of fused-ring (bicyclic) bond motifs is 1. The Morgan fingerprint density at radius 1 is 1.62 bits per heavy atom. The Labute approximate surface area is 110 Å². The van der Waals surface area contributed by atoms with Crippen LogP contribution in [-0.4, -0.2) is 24.7 Å². The van der Waals surface area contributed by atoms with Gasteiger partial charge in [0.25, 0.3) is 0 Å². The maximum absolute atomic E-state index is 11.8. The molecule has 2 heterocycles. The molecule has 0 spiro atoms. The normalized spacial score (nSPS) is 18.4. The predicted octanol–water partition coefficient (Wildman–Crippen LogP) is 1.58. The van der Waals surface area contributed by atoms with E-state index in [9.17, 15) is 4.79 Å². The number of carbonyl (C=O) groups is 1. The fourth-order valence-corrected chi connectivity index (χ4v) is 3.97. The lowest BCUT2D eigenvalue weighted by atomic mass is 10.1. The van der Waals surface area contributed by atoms with E-state index < -0.39 is 0 Å². The number of amides is 1. The third-order valence-corrected chi connectivity index (χ3v) is 4.60. The van der Waals surface area contributed by atoms with Gasteiger partial charge in [-0.3, -0.25) is 4.79 Å². The van der Waals surface area contributed by atoms with E-state index in [-0.39, 0.29) is 23.6 Å². The Morgan fingerprint density at radius 3 is 3.19 bits per heavy atom. The first-order valence-corrected chi connectivity index (χ1v) is 6.91. The number of carbonyl (C=O) groups excluding carboxylic acids is 1. The Morgan fingerprint density at radius 2 is 2.44 bits per heavy atom. The molecule has 0 aliphatic carbocycles. The van der Waals surface area contributed by atoms with Crippen LogP contribution >= 0.6 is 35.5 Å². The van der Waals surface area contributed by atoms with Crippen molar-refractivity contribution in [2.75, 3.05) is 18.8 Å². The summed E-state index contributed by atoms with van der Waals surface area (Å²) in [6.45, 7) is 1.06. The molecule has 1 atom stereocenters. The van der Waals surface area contributed by atoms with Crippen LogP contribution in [-0.2, 0) is 11.2 Å². The highest BCUT2D eigenvalue weighted by Crippen LogP contribution is 2.39. The Bertz CT molecular complexity index is 356. The van der Waals surface area contributed by atoms with Crippen LogP contribution in [0, 0.1) is 0 Å². The second-order valence-electron chi connectivity index (χ2n) is 3.38. The zero-order valence-electron chi connectivity index (χ0n) is 8.77. The first-order valence-electron chi connectivity index (χ1n) is 4.98. The van der Waals surface area contributed by atoms with E-state index in [4.69, 9.17) is 5.73 Å². The van der Waals surface area contributed by atoms with E-state index in [1.807, 2.05) is 0 Å². The fraction of sp³-hybridized carbons (Fsp3) is 0.500. The molecule has 1 amide bonds. The minimum Gasteiger partial charge on any atom is -0.354 e. The molecule has 0 saturated carbocycles. The van der Waals surface area contributed by atoms with Gasteiger partial charge >= 0.3 is 0 Å². The van der Waals surface area contributed by atoms with Crippen molar-refractivity contribution in [1.29, 1.82) is 0 Å². The maximum Gasteiger partial charge on any atom is 0.237 e. The molecule has 16 heavy (non-hydrogen) atoms. The maximum atomic E-state index is 11.8. The molecule has 6 heteroatoms. The Balaban J connectivity index is 0.00000128. The van der Waals surface area contributed by atoms with E-state index in [1.54, 1.807) is 23.1 Å². The standard InChI is InChI=1S/C10H14N2OS2.ClH/c11-3-4-12-10(13)9-7-1-5-14-8(7)2-6-15-9;/h1,5,9H,2-4,6,11H2,(H,12,13);1H. The monoisotopic (exact) mass is 278 g/mol. The lowest BCUT2D eigenvalue weighted by Gasteiger charge is -2.21. The molecule has 0 saturated heterocycles. The van der Waals surface area contributed by atoms with Gasteiger partial charge in [-0.1, -0.05) is 0 Å². The highest BCUT2D eigenvalue weighted by molar-refractivity contribution is 8.00. The lowest BCUT2D eigenvalue weighted by molar-refractivity contribution is -0.120. The zero-order valence-corrected chi connectivity index (χ0v) is 11.2. The van der Waals surface area contributed by atoms with Gasteiger partial charge in [-0.25, -0.2) is 0 Å². The van der Waals surface area contributed by atoms with E-state index in [2.05, 4.69) is 16.8 Å². The number of thiophene rings is 1. The third-order valence-electron chi connectivity index (χ3n) is 2.36. The van der Waals surface area contributed by atoms with Crippen molar-refractivity contribution in [2.24, 2.45) is 5.73 Å². The van der Waals surface area contributed by atoms with Crippen molar-refractivity contribution in [1.82, 2.24) is 5.32 Å². The van der Waals surface area contributed by atoms with Gasteiger partial charge in [0.05, 0.1) is 0 Å². The number of hydrogen-bond donors (Lipinski definition) is 2. The number of nitrogens with one attached hydrogen (secondary N) is 1. The van der Waals surface area contributed by atoms with Crippen LogP contribution in [0.5, 0.6) is 0 Å². The van der Waals surface area contributed by atoms with Crippen LogP contribution in [0.4, 0.5) is 0 Å². The SMILES string of the molecule is Cl.NCCNC(=O)C1SCCc2sccc21. The molecule has 0 fully saturated rings. The van der Waals surface area contributed by atoms with Crippen LogP contribution in [0.15, 0.2) is 11.4 Å². The quantitative estimate of drug-likeness (QED) is 0.883. The van der Waals surface area contributed by atoms with Gasteiger partial charge in [-0.2, -0.15) is 0 Å². The summed E-state index contributed by atoms with van der Waals surface area (Å²) in [6.07, 6.45) is 1.10. The zero-order chi connectivity index (χ0) is 10.7. The van der Waals surface area contributed by atoms with Gasteiger partial charge in [0.2, 0.25) is 5.91 Å². The van der Waals surface area contributed by atoms with Crippen molar-refractivity contribution in [3.05, 3.63) is 21.9 Å². The highest BCUT2D eigenvalue weighted by atomic mass is 35.5. The molecule has 3 N–H and O–H groups in total. The largest absolute Gasteiger partial charge is 0.354 e. The fourth-order valence-electron chi connectivity index (χ4n) is 1.65. The number of halogens is 1. The molecule has 1 aliphatic heterocycles. The molecule has 1 aromatic heterocycles. The van der Waals surface area contributed by atoms with Crippen LogP contribution < -0.4 is 11.1 Å². The van der Waals surface area contributed by atoms with Crippen molar-refractivity contribution >= 4 is 41.4 Å². The van der Waals surface area contributed by atoms with Crippen molar-refractivity contribution < 1.29 is 4.79 Å². The minimum absolute atomic E-state index is 0. The van der Waals surface area contributed by atoms with Crippen LogP contribution in [0.3, 0.4) is 0 Å². The number of thioether (sulfide) groups is 1. The predicted molar refractivity (Wildman–Crippen MR) is 72.5 cm³/mol. The Kier molecular flexibility index (Phi) is 5.61. The van der Waals surface area contributed by atoms with Crippen molar-refractivity contribution in [3.8, 4) is 0 Å². The first kappa shape index (κ1) is 13.8. The lowest BCUT2D eigenvalue weighted by Crippen LogP contribution is -2.33. The summed E-state index contributed by atoms with van der Waals surface area (Å²) >= 11 is 3.48. The summed E-state index contributed by atoms with van der Waals surface area (Å²) in [5, 5.41) is 4.90. The van der Waals surface area contributed by atoms with E-state index in [0.29, 0.717) is 13.1 Å². The minimum atomic E-state index is -0.0217. The van der Waals surface area contributed by atoms with Gasteiger partial charge in [0, 0.05) is 18.0 Å². The van der Waals surface area contributed by atoms with Gasteiger partial charge in [-0.05, 0) is 29.2 Å². The molecule has 3 nitrogen and oxygen atoms in total. The van der Waals surface area contributed by atoms with Gasteiger partial charge < -0.3 is 11.1 Å². The molecule has 0 radical (unpaired) electrons. The van der Waals surface area contributed by atoms with Crippen LogP contribution in [0.2, 0.25) is 0 Å². The van der Waals surface area contributed by atoms with Crippen LogP contribution in [0.25, 0.3) is 0 Å². The Hall–Kier alpha value is -0.230. The van der Waals surface area contributed by atoms with Gasteiger partial charge in [0.15, 0.2) is 0 Å². The molecule has 0 bridgehead atoms. The average Bonchev–Trinajstić information content (AvgIpc) is 2.73. The number of nitrogens with two attached hydrogens (primary N) is 1. The molecule has 0 aromatic carbocycles. The van der Waals surface area contributed by atoms with Gasteiger partial charge in [-0.15, -0.1) is 35.5 Å². The summed E-state index contributed by atoms with van der Waals surface area (Å²) in [5.41, 5.74) is 6.56. The summed E-state index contributed by atoms with van der Waals surface area (Å²) in [7, 11) is 0. The second-order valence-corrected chi connectivity index (χ2v) is 5.59. The van der Waals surface area contributed by atoms with E-state index in [0.717, 1.165) is 12.2 Å². The topological polar surface area (TPSA) is 55.1 Å². The summed E-state index contributed by atoms with van der Waals surface area (Å²) < 4.78 is 0. The average molecular weight is 279 g/mol. The summed E-state index contributed by atoms with van der Waals surface area (Å²) in [6, 6.07) is 2.07. The van der Waals surface area contributed by atoms with Crippen molar-refractivity contribution in [2.45, 2.75) is 11.7 Å².